The molecule has 2 aliphatic heterocycles. The first-order valence-corrected chi connectivity index (χ1v) is 11.3. The van der Waals surface area contributed by atoms with E-state index in [1.807, 2.05) is 12.1 Å². The van der Waals surface area contributed by atoms with E-state index in [0.29, 0.717) is 66.1 Å². The minimum Gasteiger partial charge on any atom is -0.496 e. The molecular formula is C28H18N2O6. The van der Waals surface area contributed by atoms with Crippen LogP contribution in [-0.2, 0) is 0 Å². The van der Waals surface area contributed by atoms with Gasteiger partial charge in [-0.2, -0.15) is 0 Å². The predicted octanol–water partition coefficient (Wildman–Crippen LogP) is 4.21. The molecule has 0 bridgehead atoms. The number of fused-ring (bicyclic) bond motifs is 2. The molecular weight excluding hydrogens is 460 g/mol. The molecule has 0 N–H and O–H groups in total. The number of rotatable bonds is 2. The quantitative estimate of drug-likeness (QED) is 0.214. The van der Waals surface area contributed by atoms with E-state index >= 15 is 0 Å². The molecule has 8 heteroatoms. The molecule has 0 atom stereocenters. The van der Waals surface area contributed by atoms with E-state index in [1.54, 1.807) is 24.3 Å². The van der Waals surface area contributed by atoms with Crippen molar-refractivity contribution in [2.45, 2.75) is 0 Å². The van der Waals surface area contributed by atoms with Crippen molar-refractivity contribution in [3.05, 3.63) is 58.7 Å². The van der Waals surface area contributed by atoms with Crippen LogP contribution in [0.3, 0.4) is 0 Å². The third-order valence-electron chi connectivity index (χ3n) is 7.61. The summed E-state index contributed by atoms with van der Waals surface area (Å²) in [7, 11) is 5.98. The van der Waals surface area contributed by atoms with E-state index in [-0.39, 0.29) is 11.8 Å². The second-order valence-electron chi connectivity index (χ2n) is 9.16. The number of methoxy groups -OCH3 is 2. The van der Waals surface area contributed by atoms with Crippen molar-refractivity contribution >= 4 is 66.7 Å². The second-order valence-corrected chi connectivity index (χ2v) is 9.16. The Labute approximate surface area is 203 Å². The second kappa shape index (κ2) is 6.48. The molecule has 0 saturated heterocycles. The van der Waals surface area contributed by atoms with Gasteiger partial charge in [0.25, 0.3) is 23.6 Å². The Kier molecular flexibility index (Phi) is 3.72. The Morgan fingerprint density at radius 2 is 0.861 bits per heavy atom. The van der Waals surface area contributed by atoms with Crippen LogP contribution in [0.1, 0.15) is 41.4 Å². The van der Waals surface area contributed by atoms with Crippen LogP contribution in [0.15, 0.2) is 36.4 Å². The highest BCUT2D eigenvalue weighted by molar-refractivity contribution is 6.42. The number of amides is 4. The van der Waals surface area contributed by atoms with Gasteiger partial charge in [-0.25, -0.2) is 0 Å². The molecule has 0 aliphatic carbocycles. The minimum absolute atomic E-state index is 0.377. The van der Waals surface area contributed by atoms with Crippen LogP contribution >= 0.6 is 0 Å². The van der Waals surface area contributed by atoms with Gasteiger partial charge in [-0.1, -0.05) is 12.1 Å². The summed E-state index contributed by atoms with van der Waals surface area (Å²) in [5, 5.41) is 5.41. The first-order chi connectivity index (χ1) is 17.3. The first-order valence-electron chi connectivity index (χ1n) is 11.3. The molecule has 0 radical (unpaired) electrons. The third kappa shape index (κ3) is 2.11. The maximum Gasteiger partial charge on any atom is 0.261 e. The van der Waals surface area contributed by atoms with Crippen molar-refractivity contribution in [1.29, 1.82) is 0 Å². The fourth-order valence-corrected chi connectivity index (χ4v) is 5.96. The lowest BCUT2D eigenvalue weighted by Crippen LogP contribution is -2.37. The fraction of sp³-hybridized carbons (Fsp3) is 0.143. The Bertz CT molecular complexity index is 1780. The first kappa shape index (κ1) is 20.6. The highest BCUT2D eigenvalue weighted by Gasteiger charge is 2.36. The van der Waals surface area contributed by atoms with E-state index in [1.165, 1.54) is 28.3 Å². The lowest BCUT2D eigenvalue weighted by atomic mass is 9.81. The van der Waals surface area contributed by atoms with Crippen molar-refractivity contribution in [3.63, 3.8) is 0 Å². The van der Waals surface area contributed by atoms with E-state index < -0.39 is 11.8 Å². The Hall–Kier alpha value is -4.72. The molecule has 5 aromatic rings. The van der Waals surface area contributed by atoms with Crippen LogP contribution in [0, 0.1) is 0 Å². The summed E-state index contributed by atoms with van der Waals surface area (Å²) in [4.78, 5) is 54.6. The van der Waals surface area contributed by atoms with E-state index in [4.69, 9.17) is 9.47 Å². The Balaban J connectivity index is 1.84. The molecule has 8 nitrogen and oxygen atoms in total. The maximum atomic E-state index is 13.2. The maximum absolute atomic E-state index is 13.2. The average molecular weight is 478 g/mol. The number of carbonyl (C=O) groups excluding carboxylic acids is 4. The molecule has 2 aliphatic rings. The third-order valence-corrected chi connectivity index (χ3v) is 7.61. The smallest absolute Gasteiger partial charge is 0.261 e. The SMILES string of the molecule is COc1cc2c3c(ccc4c5c(OC)cc6c7c(ccc(c1c34)c75)C(=O)N(C)C6=O)C(=O)N(C)C2=O. The molecule has 2 heterocycles. The van der Waals surface area contributed by atoms with Crippen LogP contribution in [-0.4, -0.2) is 61.7 Å². The minimum atomic E-state index is -0.406. The van der Waals surface area contributed by atoms with Gasteiger partial charge in [-0.05, 0) is 35.0 Å². The molecule has 4 amide bonds. The van der Waals surface area contributed by atoms with Gasteiger partial charge in [-0.15, -0.1) is 0 Å². The molecule has 0 saturated carbocycles. The number of hydrogen-bond acceptors (Lipinski definition) is 6. The fourth-order valence-electron chi connectivity index (χ4n) is 5.96. The lowest BCUT2D eigenvalue weighted by molar-refractivity contribution is 0.0635. The molecule has 7 rings (SSSR count). The summed E-state index contributed by atoms with van der Waals surface area (Å²) in [6.45, 7) is 0. The highest BCUT2D eigenvalue weighted by atomic mass is 16.5. The van der Waals surface area contributed by atoms with Crippen molar-refractivity contribution in [3.8, 4) is 11.5 Å². The Morgan fingerprint density at radius 3 is 1.22 bits per heavy atom. The molecule has 0 unspecified atom stereocenters. The molecule has 176 valence electrons. The van der Waals surface area contributed by atoms with Crippen LogP contribution in [0.5, 0.6) is 11.5 Å². The largest absolute Gasteiger partial charge is 0.496 e. The summed E-state index contributed by atoms with van der Waals surface area (Å²) in [6, 6.07) is 10.4. The number of hydrogen-bond donors (Lipinski definition) is 0. The van der Waals surface area contributed by atoms with E-state index in [0.717, 1.165) is 20.6 Å². The topological polar surface area (TPSA) is 93.2 Å². The van der Waals surface area contributed by atoms with Crippen molar-refractivity contribution < 1.29 is 28.7 Å². The standard InChI is InChI=1S/C28H18N2O6/c1-29-25(31)13-7-5-11-22-18(36-4)10-16-20-14(26(32)30(2)28(16)34)8-6-12(24(20)22)21-17(35-3)9-15(27(29)33)19(13)23(11)21/h5-10H,1-4H3. The summed E-state index contributed by atoms with van der Waals surface area (Å²) in [5.41, 5.74) is 1.61. The van der Waals surface area contributed by atoms with E-state index in [2.05, 4.69) is 0 Å². The monoisotopic (exact) mass is 478 g/mol. The average Bonchev–Trinajstić information content (AvgIpc) is 2.90. The molecule has 36 heavy (non-hydrogen) atoms. The lowest BCUT2D eigenvalue weighted by Gasteiger charge is -2.29. The van der Waals surface area contributed by atoms with Crippen LogP contribution in [0.2, 0.25) is 0 Å². The molecule has 0 spiro atoms. The van der Waals surface area contributed by atoms with Gasteiger partial charge in [0.15, 0.2) is 0 Å². The summed E-state index contributed by atoms with van der Waals surface area (Å²) in [6.07, 6.45) is 0. The van der Waals surface area contributed by atoms with Crippen LogP contribution in [0.4, 0.5) is 0 Å². The number of carbonyl (C=O) groups is 4. The van der Waals surface area contributed by atoms with Gasteiger partial charge in [0.1, 0.15) is 11.5 Å². The molecule has 5 aromatic carbocycles. The van der Waals surface area contributed by atoms with Gasteiger partial charge in [-0.3, -0.25) is 29.0 Å². The van der Waals surface area contributed by atoms with E-state index in [9.17, 15) is 19.2 Å². The van der Waals surface area contributed by atoms with Gasteiger partial charge in [0, 0.05) is 57.5 Å². The van der Waals surface area contributed by atoms with Gasteiger partial charge < -0.3 is 9.47 Å². The predicted molar refractivity (Wildman–Crippen MR) is 134 cm³/mol. The number of ether oxygens (including phenoxy) is 2. The van der Waals surface area contributed by atoms with Crippen LogP contribution in [0.25, 0.3) is 43.1 Å². The highest BCUT2D eigenvalue weighted by Crippen LogP contribution is 2.51. The number of imide groups is 2. The van der Waals surface area contributed by atoms with Crippen LogP contribution < -0.4 is 9.47 Å². The van der Waals surface area contributed by atoms with Gasteiger partial charge in [0.2, 0.25) is 0 Å². The number of benzene rings is 5. The zero-order valence-corrected chi connectivity index (χ0v) is 19.8. The van der Waals surface area contributed by atoms with Gasteiger partial charge >= 0.3 is 0 Å². The zero-order valence-electron chi connectivity index (χ0n) is 19.8. The van der Waals surface area contributed by atoms with Gasteiger partial charge in [0.05, 0.1) is 25.3 Å². The zero-order chi connectivity index (χ0) is 25.2. The van der Waals surface area contributed by atoms with Crippen molar-refractivity contribution in [2.24, 2.45) is 0 Å². The normalized spacial score (nSPS) is 15.3. The molecule has 0 fully saturated rings. The number of nitrogens with zero attached hydrogens (tertiary/aromatic N) is 2. The molecule has 0 aromatic heterocycles. The summed E-state index contributed by atoms with van der Waals surface area (Å²) in [5.74, 6) is -0.644. The Morgan fingerprint density at radius 1 is 0.500 bits per heavy atom. The van der Waals surface area contributed by atoms with Crippen molar-refractivity contribution in [1.82, 2.24) is 9.80 Å². The summed E-state index contributed by atoms with van der Waals surface area (Å²) >= 11 is 0. The summed E-state index contributed by atoms with van der Waals surface area (Å²) < 4.78 is 11.6. The van der Waals surface area contributed by atoms with Crippen molar-refractivity contribution in [2.75, 3.05) is 28.3 Å².